The Bertz CT molecular complexity index is 1480. The highest BCUT2D eigenvalue weighted by Gasteiger charge is 2.36. The Kier molecular flexibility index (Phi) is 8.27. The molecule has 5 rings (SSSR count). The number of nitrogens with zero attached hydrogens (tertiary/aromatic N) is 7. The van der Waals surface area contributed by atoms with Crippen LogP contribution >= 0.6 is 0 Å². The van der Waals surface area contributed by atoms with Gasteiger partial charge < -0.3 is 14.9 Å². The van der Waals surface area contributed by atoms with Crippen LogP contribution in [0.3, 0.4) is 0 Å². The number of aromatic nitrogens is 4. The number of carbonyl (C=O) groups excluding carboxylic acids is 1. The van der Waals surface area contributed by atoms with Crippen LogP contribution in [0.2, 0.25) is 0 Å². The Morgan fingerprint density at radius 2 is 1.85 bits per heavy atom. The number of fused-ring (bicyclic) bond motifs is 1. The second-order valence-electron chi connectivity index (χ2n) is 10.2. The molecule has 9 heteroatoms. The standard InChI is InChI=1S/C27H27N7O2.C3H8/c1-18-15-32(11-12-33(18)26(35)27(2,3)36)24-23-21(20-7-5-4-6-8-20)16-34(25(23)31-17-30-24)22-13-19(14-28)9-10-29-22;1-3-2/h4-10,13,16-18,36H,11-12,15H2,1-3H3;3H2,1-2H3. The first-order valence-corrected chi connectivity index (χ1v) is 13.3. The number of aliphatic hydroxyl groups is 1. The zero-order chi connectivity index (χ0) is 28.2. The molecule has 1 saturated heterocycles. The summed E-state index contributed by atoms with van der Waals surface area (Å²) in [7, 11) is 0. The minimum atomic E-state index is -1.42. The van der Waals surface area contributed by atoms with Gasteiger partial charge in [0, 0.05) is 43.6 Å². The quantitative estimate of drug-likeness (QED) is 0.415. The molecule has 4 aromatic rings. The fourth-order valence-corrected chi connectivity index (χ4v) is 4.72. The molecule has 202 valence electrons. The van der Waals surface area contributed by atoms with Crippen molar-refractivity contribution in [2.75, 3.05) is 24.5 Å². The van der Waals surface area contributed by atoms with Crippen molar-refractivity contribution < 1.29 is 9.90 Å². The number of nitriles is 1. The molecule has 1 fully saturated rings. The van der Waals surface area contributed by atoms with Gasteiger partial charge in [-0.1, -0.05) is 50.6 Å². The molecular weight excluding hydrogens is 490 g/mol. The predicted octanol–water partition coefficient (Wildman–Crippen LogP) is 4.58. The molecule has 1 aliphatic heterocycles. The summed E-state index contributed by atoms with van der Waals surface area (Å²) in [5.74, 6) is 1.10. The van der Waals surface area contributed by atoms with Gasteiger partial charge in [0.15, 0.2) is 5.65 Å². The van der Waals surface area contributed by atoms with Crippen LogP contribution in [-0.2, 0) is 4.79 Å². The Morgan fingerprint density at radius 1 is 1.13 bits per heavy atom. The number of pyridine rings is 1. The van der Waals surface area contributed by atoms with Crippen molar-refractivity contribution in [2.45, 2.75) is 52.7 Å². The second kappa shape index (κ2) is 11.6. The molecule has 1 N–H and O–H groups in total. The van der Waals surface area contributed by atoms with E-state index in [1.807, 2.05) is 48.0 Å². The molecule has 0 saturated carbocycles. The Labute approximate surface area is 229 Å². The average molecular weight is 526 g/mol. The molecule has 1 aliphatic rings. The van der Waals surface area contributed by atoms with Crippen molar-refractivity contribution in [1.29, 1.82) is 5.26 Å². The summed E-state index contributed by atoms with van der Waals surface area (Å²) < 4.78 is 1.89. The van der Waals surface area contributed by atoms with Crippen LogP contribution < -0.4 is 4.90 Å². The summed E-state index contributed by atoms with van der Waals surface area (Å²) in [6.45, 7) is 10.9. The van der Waals surface area contributed by atoms with Crippen molar-refractivity contribution in [3.63, 3.8) is 0 Å². The van der Waals surface area contributed by atoms with Gasteiger partial charge in [0.05, 0.1) is 17.0 Å². The molecule has 1 aromatic carbocycles. The first-order chi connectivity index (χ1) is 18.7. The number of hydrogen-bond donors (Lipinski definition) is 1. The van der Waals surface area contributed by atoms with Crippen molar-refractivity contribution in [1.82, 2.24) is 24.4 Å². The van der Waals surface area contributed by atoms with Crippen LogP contribution in [0.4, 0.5) is 5.82 Å². The third-order valence-electron chi connectivity index (χ3n) is 6.48. The Morgan fingerprint density at radius 3 is 2.49 bits per heavy atom. The van der Waals surface area contributed by atoms with E-state index in [0.717, 1.165) is 22.3 Å². The van der Waals surface area contributed by atoms with E-state index < -0.39 is 5.60 Å². The van der Waals surface area contributed by atoms with Gasteiger partial charge >= 0.3 is 0 Å². The fourth-order valence-electron chi connectivity index (χ4n) is 4.72. The summed E-state index contributed by atoms with van der Waals surface area (Å²) in [6.07, 6.45) is 6.39. The van der Waals surface area contributed by atoms with Gasteiger partial charge in [-0.2, -0.15) is 5.26 Å². The van der Waals surface area contributed by atoms with E-state index in [9.17, 15) is 15.2 Å². The summed E-state index contributed by atoms with van der Waals surface area (Å²) in [5, 5.41) is 20.5. The number of rotatable bonds is 4. The molecule has 0 radical (unpaired) electrons. The summed E-state index contributed by atoms with van der Waals surface area (Å²) in [4.78, 5) is 30.4. The van der Waals surface area contributed by atoms with Crippen LogP contribution in [-0.4, -0.2) is 66.7 Å². The monoisotopic (exact) mass is 525 g/mol. The van der Waals surface area contributed by atoms with E-state index in [-0.39, 0.29) is 11.9 Å². The molecule has 3 aromatic heterocycles. The molecule has 0 spiro atoms. The van der Waals surface area contributed by atoms with Gasteiger partial charge in [0.2, 0.25) is 0 Å². The summed E-state index contributed by atoms with van der Waals surface area (Å²) >= 11 is 0. The van der Waals surface area contributed by atoms with Crippen molar-refractivity contribution in [3.8, 4) is 23.0 Å². The average Bonchev–Trinajstić information content (AvgIpc) is 3.33. The topological polar surface area (TPSA) is 111 Å². The van der Waals surface area contributed by atoms with E-state index in [2.05, 4.69) is 39.8 Å². The lowest BCUT2D eigenvalue weighted by atomic mass is 10.0. The van der Waals surface area contributed by atoms with Crippen LogP contribution in [0.5, 0.6) is 0 Å². The summed E-state index contributed by atoms with van der Waals surface area (Å²) in [6, 6.07) is 15.5. The van der Waals surface area contributed by atoms with Crippen LogP contribution in [0.25, 0.3) is 28.0 Å². The van der Waals surface area contributed by atoms with Crippen molar-refractivity contribution in [2.24, 2.45) is 0 Å². The first-order valence-electron chi connectivity index (χ1n) is 13.3. The minimum absolute atomic E-state index is 0.112. The van der Waals surface area contributed by atoms with E-state index >= 15 is 0 Å². The number of hydrogen-bond acceptors (Lipinski definition) is 7. The lowest BCUT2D eigenvalue weighted by molar-refractivity contribution is -0.150. The zero-order valence-corrected chi connectivity index (χ0v) is 23.2. The Balaban J connectivity index is 0.00000112. The highest BCUT2D eigenvalue weighted by molar-refractivity contribution is 6.02. The molecule has 1 atom stereocenters. The van der Waals surface area contributed by atoms with Gasteiger partial charge in [-0.05, 0) is 38.5 Å². The SMILES string of the molecule is CC1CN(c2ncnc3c2c(-c2ccccc2)cn3-c2cc(C#N)ccn2)CCN1C(=O)C(C)(C)O.CCC. The van der Waals surface area contributed by atoms with Crippen LogP contribution in [0.15, 0.2) is 61.2 Å². The summed E-state index contributed by atoms with van der Waals surface area (Å²) in [5.41, 5.74) is 1.75. The molecule has 4 heterocycles. The second-order valence-corrected chi connectivity index (χ2v) is 10.2. The van der Waals surface area contributed by atoms with Gasteiger partial charge in [0.1, 0.15) is 23.6 Å². The molecule has 0 bridgehead atoms. The molecule has 0 aliphatic carbocycles. The number of piperazine rings is 1. The molecule has 1 unspecified atom stereocenters. The normalized spacial score (nSPS) is 15.5. The number of amides is 1. The van der Waals surface area contributed by atoms with Crippen molar-refractivity contribution >= 4 is 22.8 Å². The van der Waals surface area contributed by atoms with Gasteiger partial charge in [-0.25, -0.2) is 15.0 Å². The highest BCUT2D eigenvalue weighted by Crippen LogP contribution is 2.37. The minimum Gasteiger partial charge on any atom is -0.381 e. The molecule has 39 heavy (non-hydrogen) atoms. The van der Waals surface area contributed by atoms with Crippen LogP contribution in [0.1, 0.15) is 46.6 Å². The number of anilines is 1. The van der Waals surface area contributed by atoms with Crippen molar-refractivity contribution in [3.05, 3.63) is 66.7 Å². The zero-order valence-electron chi connectivity index (χ0n) is 23.2. The third kappa shape index (κ3) is 5.76. The fraction of sp³-hybridized carbons (Fsp3) is 0.367. The predicted molar refractivity (Wildman–Crippen MR) is 152 cm³/mol. The van der Waals surface area contributed by atoms with Crippen LogP contribution in [0, 0.1) is 11.3 Å². The largest absolute Gasteiger partial charge is 0.381 e. The number of carbonyl (C=O) groups is 1. The molecule has 1 amide bonds. The third-order valence-corrected chi connectivity index (χ3v) is 6.48. The van der Waals surface area contributed by atoms with E-state index in [1.165, 1.54) is 26.6 Å². The van der Waals surface area contributed by atoms with Gasteiger partial charge in [-0.15, -0.1) is 0 Å². The smallest absolute Gasteiger partial charge is 0.254 e. The maximum atomic E-state index is 12.7. The maximum Gasteiger partial charge on any atom is 0.254 e. The molecule has 9 nitrogen and oxygen atoms in total. The van der Waals surface area contributed by atoms with E-state index in [4.69, 9.17) is 0 Å². The lowest BCUT2D eigenvalue weighted by Gasteiger charge is -2.42. The lowest BCUT2D eigenvalue weighted by Crippen LogP contribution is -2.58. The van der Waals surface area contributed by atoms with E-state index in [0.29, 0.717) is 36.7 Å². The highest BCUT2D eigenvalue weighted by atomic mass is 16.3. The van der Waals surface area contributed by atoms with Gasteiger partial charge in [-0.3, -0.25) is 9.36 Å². The van der Waals surface area contributed by atoms with Gasteiger partial charge in [0.25, 0.3) is 5.91 Å². The maximum absolute atomic E-state index is 12.7. The molecular formula is C30H35N7O2. The number of benzene rings is 1. The Hall–Kier alpha value is -4.29. The van der Waals surface area contributed by atoms with E-state index in [1.54, 1.807) is 23.2 Å². The first kappa shape index (κ1) is 27.7.